The Labute approximate surface area is 208 Å². The molecule has 3 aromatic carbocycles. The van der Waals surface area contributed by atoms with Gasteiger partial charge in [-0.25, -0.2) is 0 Å². The molecule has 5 heteroatoms. The van der Waals surface area contributed by atoms with E-state index >= 15 is 0 Å². The highest BCUT2D eigenvalue weighted by atomic mass is 16.7. The highest BCUT2D eigenvalue weighted by molar-refractivity contribution is 5.94. The third-order valence-electron chi connectivity index (χ3n) is 7.23. The van der Waals surface area contributed by atoms with E-state index in [9.17, 15) is 4.79 Å². The number of nitrogens with zero attached hydrogens (tertiary/aromatic N) is 1. The van der Waals surface area contributed by atoms with Gasteiger partial charge in [-0.3, -0.25) is 9.69 Å². The van der Waals surface area contributed by atoms with Gasteiger partial charge in [0, 0.05) is 18.7 Å². The molecule has 1 fully saturated rings. The van der Waals surface area contributed by atoms with E-state index in [1.165, 1.54) is 29.5 Å². The quantitative estimate of drug-likeness (QED) is 0.479. The molecule has 3 aromatic rings. The molecule has 1 atom stereocenters. The van der Waals surface area contributed by atoms with E-state index in [1.54, 1.807) is 0 Å². The number of piperidine rings is 1. The lowest BCUT2D eigenvalue weighted by Crippen LogP contribution is -2.33. The van der Waals surface area contributed by atoms with Crippen molar-refractivity contribution >= 4 is 5.91 Å². The van der Waals surface area contributed by atoms with Gasteiger partial charge >= 0.3 is 0 Å². The van der Waals surface area contributed by atoms with Crippen molar-refractivity contribution in [3.05, 3.63) is 95.1 Å². The summed E-state index contributed by atoms with van der Waals surface area (Å²) in [5.41, 5.74) is 4.56. The number of carbonyl (C=O) groups is 1. The molecule has 0 aliphatic carbocycles. The molecule has 0 radical (unpaired) electrons. The van der Waals surface area contributed by atoms with Crippen LogP contribution in [-0.2, 0) is 13.0 Å². The first-order valence-corrected chi connectivity index (χ1v) is 12.7. The van der Waals surface area contributed by atoms with E-state index in [0.717, 1.165) is 43.1 Å². The molecule has 1 N–H and O–H groups in total. The molecule has 5 nitrogen and oxygen atoms in total. The summed E-state index contributed by atoms with van der Waals surface area (Å²) in [6.45, 7) is 6.27. The predicted octanol–water partition coefficient (Wildman–Crippen LogP) is 5.40. The van der Waals surface area contributed by atoms with Gasteiger partial charge < -0.3 is 14.8 Å². The second-order valence-corrected chi connectivity index (χ2v) is 9.83. The zero-order valence-corrected chi connectivity index (χ0v) is 20.4. The number of carbonyl (C=O) groups excluding carboxylic acids is 1. The molecule has 0 spiro atoms. The highest BCUT2D eigenvalue weighted by Crippen LogP contribution is 2.33. The van der Waals surface area contributed by atoms with Gasteiger partial charge in [-0.15, -0.1) is 0 Å². The third kappa shape index (κ3) is 6.04. The smallest absolute Gasteiger partial charge is 0.251 e. The first-order chi connectivity index (χ1) is 17.1. The molecule has 0 bridgehead atoms. The lowest BCUT2D eigenvalue weighted by Gasteiger charge is -2.32. The van der Waals surface area contributed by atoms with Crippen LogP contribution in [0.1, 0.15) is 52.7 Å². The maximum absolute atomic E-state index is 12.6. The van der Waals surface area contributed by atoms with E-state index in [2.05, 4.69) is 53.5 Å². The number of hydrogen-bond donors (Lipinski definition) is 1. The molecule has 1 amide bonds. The number of amides is 1. The van der Waals surface area contributed by atoms with Crippen LogP contribution in [0.4, 0.5) is 0 Å². The largest absolute Gasteiger partial charge is 0.454 e. The molecular formula is C30H34N2O3. The second kappa shape index (κ2) is 11.0. The minimum Gasteiger partial charge on any atom is -0.454 e. The van der Waals surface area contributed by atoms with Gasteiger partial charge in [-0.05, 0) is 85.1 Å². The molecule has 1 unspecified atom stereocenters. The van der Waals surface area contributed by atoms with E-state index in [-0.39, 0.29) is 11.8 Å². The minimum atomic E-state index is -0.00356. The average Bonchev–Trinajstić information content (AvgIpc) is 3.37. The molecule has 2 aliphatic rings. The normalized spacial score (nSPS) is 16.7. The van der Waals surface area contributed by atoms with Crippen LogP contribution in [-0.4, -0.2) is 37.2 Å². The van der Waals surface area contributed by atoms with Crippen LogP contribution in [0.2, 0.25) is 0 Å². The summed E-state index contributed by atoms with van der Waals surface area (Å²) in [7, 11) is 0. The van der Waals surface area contributed by atoms with Gasteiger partial charge in [0.05, 0.1) is 0 Å². The second-order valence-electron chi connectivity index (χ2n) is 9.83. The van der Waals surface area contributed by atoms with Crippen molar-refractivity contribution < 1.29 is 14.3 Å². The molecule has 35 heavy (non-hydrogen) atoms. The fourth-order valence-electron chi connectivity index (χ4n) is 5.02. The van der Waals surface area contributed by atoms with E-state index in [1.807, 2.05) is 36.4 Å². The van der Waals surface area contributed by atoms with Crippen molar-refractivity contribution in [2.24, 2.45) is 5.92 Å². The van der Waals surface area contributed by atoms with Gasteiger partial charge in [0.15, 0.2) is 11.5 Å². The van der Waals surface area contributed by atoms with Crippen LogP contribution in [0.25, 0.3) is 0 Å². The van der Waals surface area contributed by atoms with Crippen molar-refractivity contribution in [1.29, 1.82) is 0 Å². The number of ether oxygens (including phenoxy) is 2. The van der Waals surface area contributed by atoms with Crippen molar-refractivity contribution in [3.8, 4) is 11.5 Å². The summed E-state index contributed by atoms with van der Waals surface area (Å²) >= 11 is 0. The van der Waals surface area contributed by atoms with Gasteiger partial charge in [-0.2, -0.15) is 0 Å². The first kappa shape index (κ1) is 23.4. The highest BCUT2D eigenvalue weighted by Gasteiger charge is 2.21. The zero-order chi connectivity index (χ0) is 24.0. The summed E-state index contributed by atoms with van der Waals surface area (Å²) < 4.78 is 10.9. The number of benzene rings is 3. The molecule has 2 heterocycles. The number of fused-ring (bicyclic) bond motifs is 1. The summed E-state index contributed by atoms with van der Waals surface area (Å²) in [5.74, 6) is 2.68. The van der Waals surface area contributed by atoms with Crippen LogP contribution < -0.4 is 14.8 Å². The van der Waals surface area contributed by atoms with Gasteiger partial charge in [-0.1, -0.05) is 55.5 Å². The SMILES string of the molecule is CC(CNC(=O)c1ccc(CC2CCN(Cc3ccc4c(c3)OCO4)CC2)cc1)c1ccccc1. The Morgan fingerprint density at radius 1 is 0.943 bits per heavy atom. The zero-order valence-electron chi connectivity index (χ0n) is 20.4. The van der Waals surface area contributed by atoms with Crippen LogP contribution in [0, 0.1) is 5.92 Å². The lowest BCUT2D eigenvalue weighted by molar-refractivity contribution is 0.0951. The van der Waals surface area contributed by atoms with Crippen molar-refractivity contribution in [3.63, 3.8) is 0 Å². The van der Waals surface area contributed by atoms with Crippen LogP contribution in [0.3, 0.4) is 0 Å². The molecule has 5 rings (SSSR count). The Balaban J connectivity index is 1.06. The third-order valence-corrected chi connectivity index (χ3v) is 7.23. The molecule has 0 saturated carbocycles. The minimum absolute atomic E-state index is 0.00356. The number of nitrogens with one attached hydrogen (secondary N) is 1. The molecular weight excluding hydrogens is 436 g/mol. The fourth-order valence-corrected chi connectivity index (χ4v) is 5.02. The topological polar surface area (TPSA) is 50.8 Å². The van der Waals surface area contributed by atoms with Crippen molar-refractivity contribution in [2.75, 3.05) is 26.4 Å². The summed E-state index contributed by atoms with van der Waals surface area (Å²) in [5, 5.41) is 3.08. The van der Waals surface area contributed by atoms with E-state index < -0.39 is 0 Å². The Kier molecular flexibility index (Phi) is 7.34. The summed E-state index contributed by atoms with van der Waals surface area (Å²) in [4.78, 5) is 15.1. The Bertz CT molecular complexity index is 1120. The number of rotatable bonds is 8. The summed E-state index contributed by atoms with van der Waals surface area (Å²) in [6.07, 6.45) is 3.47. The summed E-state index contributed by atoms with van der Waals surface area (Å²) in [6, 6.07) is 24.7. The molecule has 1 saturated heterocycles. The standard InChI is InChI=1S/C30H34N2O3/c1-22(26-5-3-2-4-6-26)19-31-30(33)27-10-7-23(8-11-27)17-24-13-15-32(16-14-24)20-25-9-12-28-29(18-25)35-21-34-28/h2-12,18,22,24H,13-17,19-21H2,1H3,(H,31,33). The number of hydrogen-bond acceptors (Lipinski definition) is 4. The first-order valence-electron chi connectivity index (χ1n) is 12.7. The Hall–Kier alpha value is -3.31. The number of likely N-dealkylation sites (tertiary alicyclic amines) is 1. The molecule has 2 aliphatic heterocycles. The fraction of sp³-hybridized carbons (Fsp3) is 0.367. The maximum Gasteiger partial charge on any atom is 0.251 e. The molecule has 0 aromatic heterocycles. The molecule has 182 valence electrons. The lowest BCUT2D eigenvalue weighted by atomic mass is 9.89. The monoisotopic (exact) mass is 470 g/mol. The van der Waals surface area contributed by atoms with Gasteiger partial charge in [0.25, 0.3) is 5.91 Å². The Morgan fingerprint density at radius 3 is 2.43 bits per heavy atom. The average molecular weight is 471 g/mol. The van der Waals surface area contributed by atoms with Crippen LogP contribution >= 0.6 is 0 Å². The predicted molar refractivity (Wildman–Crippen MR) is 138 cm³/mol. The van der Waals surface area contributed by atoms with Gasteiger partial charge in [0.1, 0.15) is 0 Å². The van der Waals surface area contributed by atoms with Gasteiger partial charge in [0.2, 0.25) is 6.79 Å². The van der Waals surface area contributed by atoms with Crippen molar-refractivity contribution in [2.45, 2.75) is 38.6 Å². The maximum atomic E-state index is 12.6. The van der Waals surface area contributed by atoms with E-state index in [0.29, 0.717) is 19.3 Å². The van der Waals surface area contributed by atoms with Crippen molar-refractivity contribution in [1.82, 2.24) is 10.2 Å². The Morgan fingerprint density at radius 2 is 1.66 bits per heavy atom. The van der Waals surface area contributed by atoms with Crippen LogP contribution in [0.15, 0.2) is 72.8 Å². The van der Waals surface area contributed by atoms with E-state index in [4.69, 9.17) is 9.47 Å². The van der Waals surface area contributed by atoms with Crippen LogP contribution in [0.5, 0.6) is 11.5 Å².